The number of primary amides is 1. The third-order valence-corrected chi connectivity index (χ3v) is 10.8. The van der Waals surface area contributed by atoms with Crippen LogP contribution in [0, 0.1) is 34.5 Å². The highest BCUT2D eigenvalue weighted by molar-refractivity contribution is 6.10. The number of nitrogens with two attached hydrogens (primary N) is 1. The van der Waals surface area contributed by atoms with Gasteiger partial charge in [-0.3, -0.25) is 9.59 Å². The number of carbonyl (C=O) groups excluding carboxylic acids is 3. The topological polar surface area (TPSA) is 108 Å². The van der Waals surface area contributed by atoms with Gasteiger partial charge in [0.25, 0.3) is 11.5 Å². The molecule has 1 spiro atoms. The zero-order chi connectivity index (χ0) is 23.8. The molecule has 0 radical (unpaired) electrons. The van der Waals surface area contributed by atoms with Crippen molar-refractivity contribution in [1.29, 1.82) is 0 Å². The van der Waals surface area contributed by atoms with Crippen molar-refractivity contribution in [3.8, 4) is 0 Å². The Bertz CT molecular complexity index is 875. The molecule has 1 heterocycles. The molecule has 1 aliphatic heterocycles. The highest BCUT2D eigenvalue weighted by Crippen LogP contribution is 2.76. The maximum atomic E-state index is 12.9. The molecule has 5 fully saturated rings. The van der Waals surface area contributed by atoms with E-state index in [4.69, 9.17) is 19.9 Å². The monoisotopic (exact) mass is 461 g/mol. The number of rotatable bonds is 4. The summed E-state index contributed by atoms with van der Waals surface area (Å²) in [6.07, 6.45) is 9.02. The summed E-state index contributed by atoms with van der Waals surface area (Å²) in [6, 6.07) is 0. The Balaban J connectivity index is 1.39. The van der Waals surface area contributed by atoms with Crippen molar-refractivity contribution in [1.82, 2.24) is 0 Å². The summed E-state index contributed by atoms with van der Waals surface area (Å²) in [4.78, 5) is 37.0. The quantitative estimate of drug-likeness (QED) is 0.390. The van der Waals surface area contributed by atoms with Crippen LogP contribution in [0.5, 0.6) is 0 Å². The Morgan fingerprint density at radius 2 is 1.73 bits per heavy atom. The summed E-state index contributed by atoms with van der Waals surface area (Å²) in [6.45, 7) is 8.14. The molecule has 4 aliphatic carbocycles. The van der Waals surface area contributed by atoms with Crippen molar-refractivity contribution in [2.45, 2.75) is 103 Å². The van der Waals surface area contributed by atoms with E-state index in [1.165, 1.54) is 6.92 Å². The van der Waals surface area contributed by atoms with Crippen LogP contribution in [-0.4, -0.2) is 41.8 Å². The van der Waals surface area contributed by atoms with Crippen LogP contribution >= 0.6 is 0 Å². The van der Waals surface area contributed by atoms with Gasteiger partial charge in [-0.05, 0) is 93.8 Å². The second-order valence-electron chi connectivity index (χ2n) is 11.9. The SMILES string of the molecule is CCOC(=O)[C@@]1(C(N)=O)O[C@@]12CC[C@@H]1[C@@H]3CC[C@@H]4C[C@@H](OC(C)=O)CC[C@]4(C)[C@H]3CC[C@@]12C. The van der Waals surface area contributed by atoms with Crippen LogP contribution in [0.15, 0.2) is 0 Å². The van der Waals surface area contributed by atoms with Crippen LogP contribution in [0.4, 0.5) is 0 Å². The van der Waals surface area contributed by atoms with E-state index in [9.17, 15) is 14.4 Å². The van der Waals surface area contributed by atoms with E-state index >= 15 is 0 Å². The largest absolute Gasteiger partial charge is 0.463 e. The van der Waals surface area contributed by atoms with Gasteiger partial charge < -0.3 is 19.9 Å². The zero-order valence-corrected chi connectivity index (χ0v) is 20.5. The average Bonchev–Trinajstić information content (AvgIpc) is 3.36. The number of epoxide rings is 1. The van der Waals surface area contributed by atoms with Crippen molar-refractivity contribution in [2.24, 2.45) is 40.2 Å². The molecule has 33 heavy (non-hydrogen) atoms. The maximum Gasteiger partial charge on any atom is 0.351 e. The molecule has 0 bridgehead atoms. The summed E-state index contributed by atoms with van der Waals surface area (Å²) < 4.78 is 17.0. The van der Waals surface area contributed by atoms with Gasteiger partial charge in [0, 0.05) is 12.3 Å². The number of carbonyl (C=O) groups is 3. The fourth-order valence-electron chi connectivity index (χ4n) is 9.33. The Morgan fingerprint density at radius 1 is 1.00 bits per heavy atom. The molecule has 0 aromatic heterocycles. The van der Waals surface area contributed by atoms with Gasteiger partial charge in [0.2, 0.25) is 0 Å². The number of fused-ring (bicyclic) bond motifs is 6. The summed E-state index contributed by atoms with van der Waals surface area (Å²) >= 11 is 0. The Labute approximate surface area is 196 Å². The van der Waals surface area contributed by atoms with Crippen molar-refractivity contribution in [3.05, 3.63) is 0 Å². The van der Waals surface area contributed by atoms with Gasteiger partial charge in [-0.1, -0.05) is 13.8 Å². The normalized spacial score (nSPS) is 50.0. The molecule has 7 nitrogen and oxygen atoms in total. The first-order valence-corrected chi connectivity index (χ1v) is 12.9. The van der Waals surface area contributed by atoms with Gasteiger partial charge in [-0.2, -0.15) is 0 Å². The molecule has 4 saturated carbocycles. The number of ether oxygens (including phenoxy) is 3. The maximum absolute atomic E-state index is 12.9. The molecule has 5 aliphatic rings. The van der Waals surface area contributed by atoms with Gasteiger partial charge in [0.15, 0.2) is 0 Å². The molecule has 184 valence electrons. The van der Waals surface area contributed by atoms with Crippen LogP contribution < -0.4 is 5.73 Å². The van der Waals surface area contributed by atoms with E-state index in [0.717, 1.165) is 51.4 Å². The number of esters is 2. The fraction of sp³-hybridized carbons (Fsp3) is 0.885. The van der Waals surface area contributed by atoms with Crippen molar-refractivity contribution < 1.29 is 28.6 Å². The third-order valence-electron chi connectivity index (χ3n) is 10.8. The molecule has 9 atom stereocenters. The summed E-state index contributed by atoms with van der Waals surface area (Å²) in [7, 11) is 0. The third kappa shape index (κ3) is 2.86. The van der Waals surface area contributed by atoms with Gasteiger partial charge in [-0.25, -0.2) is 4.79 Å². The highest BCUT2D eigenvalue weighted by Gasteiger charge is 2.88. The minimum absolute atomic E-state index is 0.0568. The number of hydrogen-bond donors (Lipinski definition) is 1. The molecular formula is C26H39NO6. The van der Waals surface area contributed by atoms with Crippen molar-refractivity contribution >= 4 is 17.8 Å². The van der Waals surface area contributed by atoms with Crippen LogP contribution in [0.2, 0.25) is 0 Å². The van der Waals surface area contributed by atoms with Crippen LogP contribution in [0.3, 0.4) is 0 Å². The van der Waals surface area contributed by atoms with E-state index < -0.39 is 23.1 Å². The molecule has 7 heteroatoms. The predicted octanol–water partition coefficient (Wildman–Crippen LogP) is 3.52. The molecule has 0 aromatic carbocycles. The van der Waals surface area contributed by atoms with E-state index in [1.807, 2.05) is 0 Å². The lowest BCUT2D eigenvalue weighted by Gasteiger charge is -2.60. The van der Waals surface area contributed by atoms with Crippen molar-refractivity contribution in [3.63, 3.8) is 0 Å². The molecule has 1 amide bonds. The second kappa shape index (κ2) is 7.43. The lowest BCUT2D eigenvalue weighted by atomic mass is 9.44. The standard InChI is InChI=1S/C26H39NO6/c1-5-31-22(30)26(21(27)29)25(33-26)13-10-20-18-7-6-16-14-17(32-15(2)28)8-11-23(16,3)19(18)9-12-24(20,25)4/h16-20H,5-14H2,1-4H3,(H2,27,29)/t16-,17+,18-,19+,20-,23+,24+,25-,26-/m1/s1. The van der Waals surface area contributed by atoms with Gasteiger partial charge in [-0.15, -0.1) is 0 Å². The van der Waals surface area contributed by atoms with Gasteiger partial charge in [0.1, 0.15) is 11.7 Å². The number of amides is 1. The minimum Gasteiger partial charge on any atom is -0.463 e. The predicted molar refractivity (Wildman–Crippen MR) is 120 cm³/mol. The highest BCUT2D eigenvalue weighted by atomic mass is 16.7. The second-order valence-corrected chi connectivity index (χ2v) is 11.9. The first-order valence-electron chi connectivity index (χ1n) is 12.9. The smallest absolute Gasteiger partial charge is 0.351 e. The Kier molecular flexibility index (Phi) is 5.21. The summed E-state index contributed by atoms with van der Waals surface area (Å²) in [5, 5.41) is 0. The lowest BCUT2D eigenvalue weighted by Crippen LogP contribution is -2.57. The first-order chi connectivity index (χ1) is 15.6. The molecule has 2 N–H and O–H groups in total. The van der Waals surface area contributed by atoms with Gasteiger partial charge in [0.05, 0.1) is 6.61 Å². The van der Waals surface area contributed by atoms with E-state index in [2.05, 4.69) is 13.8 Å². The van der Waals surface area contributed by atoms with Gasteiger partial charge >= 0.3 is 11.9 Å². The Hall–Kier alpha value is -1.63. The molecule has 5 rings (SSSR count). The van der Waals surface area contributed by atoms with E-state index in [0.29, 0.717) is 30.1 Å². The van der Waals surface area contributed by atoms with Crippen LogP contribution in [-0.2, 0) is 28.6 Å². The number of hydrogen-bond acceptors (Lipinski definition) is 6. The average molecular weight is 462 g/mol. The Morgan fingerprint density at radius 3 is 2.39 bits per heavy atom. The molecular weight excluding hydrogens is 422 g/mol. The first kappa shape index (κ1) is 23.1. The van der Waals surface area contributed by atoms with E-state index in [-0.39, 0.29) is 29.5 Å². The summed E-state index contributed by atoms with van der Waals surface area (Å²) in [5.74, 6) is 0.684. The van der Waals surface area contributed by atoms with Crippen molar-refractivity contribution in [2.75, 3.05) is 6.61 Å². The minimum atomic E-state index is -1.62. The summed E-state index contributed by atoms with van der Waals surface area (Å²) in [5.41, 5.74) is 3.34. The zero-order valence-electron chi connectivity index (χ0n) is 20.5. The lowest BCUT2D eigenvalue weighted by molar-refractivity contribution is -0.160. The molecule has 1 saturated heterocycles. The van der Waals surface area contributed by atoms with Crippen LogP contribution in [0.1, 0.15) is 85.5 Å². The molecule has 0 aromatic rings. The van der Waals surface area contributed by atoms with Crippen LogP contribution in [0.25, 0.3) is 0 Å². The van der Waals surface area contributed by atoms with E-state index in [1.54, 1.807) is 6.92 Å². The fourth-order valence-corrected chi connectivity index (χ4v) is 9.33. The molecule has 0 unspecified atom stereocenters.